The molecule has 1 aliphatic rings. The van der Waals surface area contributed by atoms with Gasteiger partial charge in [-0.1, -0.05) is 6.92 Å². The molecule has 3 atom stereocenters. The minimum Gasteiger partial charge on any atom is -0.317 e. The lowest BCUT2D eigenvalue weighted by Crippen LogP contribution is -2.33. The standard InChI is InChI=1S/C12H19NS/c1-9-3-4-11(13-2)7-12(9)10-5-6-14-8-10/h5-6,8-9,11-13H,3-4,7H2,1-2H3. The molecule has 1 nitrogen and oxygen atoms in total. The Kier molecular flexibility index (Phi) is 3.24. The summed E-state index contributed by atoms with van der Waals surface area (Å²) in [5.41, 5.74) is 1.56. The molecule has 78 valence electrons. The van der Waals surface area contributed by atoms with Gasteiger partial charge in [0.2, 0.25) is 0 Å². The van der Waals surface area contributed by atoms with E-state index in [9.17, 15) is 0 Å². The molecular weight excluding hydrogens is 190 g/mol. The van der Waals surface area contributed by atoms with Crippen LogP contribution in [0.1, 0.15) is 37.7 Å². The molecule has 1 aliphatic carbocycles. The molecule has 0 aromatic carbocycles. The largest absolute Gasteiger partial charge is 0.317 e. The van der Waals surface area contributed by atoms with Crippen molar-refractivity contribution in [1.82, 2.24) is 5.32 Å². The predicted octanol–water partition coefficient (Wildman–Crippen LogP) is 3.24. The van der Waals surface area contributed by atoms with Gasteiger partial charge < -0.3 is 5.32 Å². The Morgan fingerprint density at radius 1 is 1.43 bits per heavy atom. The molecule has 0 bridgehead atoms. The van der Waals surface area contributed by atoms with E-state index in [4.69, 9.17) is 0 Å². The molecule has 1 heterocycles. The quantitative estimate of drug-likeness (QED) is 0.788. The fraction of sp³-hybridized carbons (Fsp3) is 0.667. The summed E-state index contributed by atoms with van der Waals surface area (Å²) in [6, 6.07) is 3.03. The van der Waals surface area contributed by atoms with E-state index in [1.54, 1.807) is 5.56 Å². The lowest BCUT2D eigenvalue weighted by molar-refractivity contribution is 0.277. The number of hydrogen-bond acceptors (Lipinski definition) is 2. The van der Waals surface area contributed by atoms with E-state index in [-0.39, 0.29) is 0 Å². The van der Waals surface area contributed by atoms with Crippen LogP contribution in [0.5, 0.6) is 0 Å². The van der Waals surface area contributed by atoms with Crippen molar-refractivity contribution in [2.45, 2.75) is 38.1 Å². The molecule has 0 saturated heterocycles. The van der Waals surface area contributed by atoms with Gasteiger partial charge in [-0.25, -0.2) is 0 Å². The summed E-state index contributed by atoms with van der Waals surface area (Å²) in [4.78, 5) is 0. The first-order chi connectivity index (χ1) is 6.81. The highest BCUT2D eigenvalue weighted by Crippen LogP contribution is 2.38. The van der Waals surface area contributed by atoms with E-state index in [0.717, 1.165) is 17.9 Å². The Balaban J connectivity index is 2.09. The summed E-state index contributed by atoms with van der Waals surface area (Å²) in [6.45, 7) is 2.40. The molecule has 1 aromatic rings. The van der Waals surface area contributed by atoms with Crippen LogP contribution in [0.4, 0.5) is 0 Å². The van der Waals surface area contributed by atoms with Gasteiger partial charge in [-0.15, -0.1) is 0 Å². The second-order valence-electron chi connectivity index (χ2n) is 4.44. The van der Waals surface area contributed by atoms with Crippen molar-refractivity contribution in [2.75, 3.05) is 7.05 Å². The van der Waals surface area contributed by atoms with E-state index in [1.807, 2.05) is 11.3 Å². The molecule has 0 amide bonds. The second-order valence-corrected chi connectivity index (χ2v) is 5.22. The van der Waals surface area contributed by atoms with Crippen molar-refractivity contribution < 1.29 is 0 Å². The zero-order valence-electron chi connectivity index (χ0n) is 8.99. The number of hydrogen-bond donors (Lipinski definition) is 1. The molecule has 0 aliphatic heterocycles. The van der Waals surface area contributed by atoms with Gasteiger partial charge in [0, 0.05) is 6.04 Å². The molecule has 14 heavy (non-hydrogen) atoms. The van der Waals surface area contributed by atoms with Crippen LogP contribution in [0.2, 0.25) is 0 Å². The number of nitrogens with one attached hydrogen (secondary N) is 1. The molecule has 0 radical (unpaired) electrons. The Bertz CT molecular complexity index is 268. The predicted molar refractivity (Wildman–Crippen MR) is 62.9 cm³/mol. The highest BCUT2D eigenvalue weighted by atomic mass is 32.1. The Morgan fingerprint density at radius 3 is 2.93 bits per heavy atom. The summed E-state index contributed by atoms with van der Waals surface area (Å²) in [6.07, 6.45) is 4.03. The van der Waals surface area contributed by atoms with Gasteiger partial charge in [0.15, 0.2) is 0 Å². The third-order valence-electron chi connectivity index (χ3n) is 3.58. The molecule has 1 N–H and O–H groups in total. The maximum absolute atomic E-state index is 3.42. The first kappa shape index (κ1) is 10.2. The van der Waals surface area contributed by atoms with Crippen LogP contribution in [-0.4, -0.2) is 13.1 Å². The van der Waals surface area contributed by atoms with Crippen molar-refractivity contribution >= 4 is 11.3 Å². The fourth-order valence-electron chi connectivity index (χ4n) is 2.53. The van der Waals surface area contributed by atoms with Gasteiger partial charge in [0.05, 0.1) is 0 Å². The zero-order chi connectivity index (χ0) is 9.97. The average molecular weight is 209 g/mol. The molecule has 1 aromatic heterocycles. The van der Waals surface area contributed by atoms with Crippen LogP contribution in [0.3, 0.4) is 0 Å². The van der Waals surface area contributed by atoms with Crippen LogP contribution < -0.4 is 5.32 Å². The Morgan fingerprint density at radius 2 is 2.29 bits per heavy atom. The maximum atomic E-state index is 3.42. The Hall–Kier alpha value is -0.340. The molecule has 3 unspecified atom stereocenters. The van der Waals surface area contributed by atoms with Crippen molar-refractivity contribution in [3.63, 3.8) is 0 Å². The maximum Gasteiger partial charge on any atom is 0.00700 e. The van der Waals surface area contributed by atoms with Gasteiger partial charge in [0.25, 0.3) is 0 Å². The smallest absolute Gasteiger partial charge is 0.00700 e. The summed E-state index contributed by atoms with van der Waals surface area (Å²) in [7, 11) is 2.09. The zero-order valence-corrected chi connectivity index (χ0v) is 9.81. The van der Waals surface area contributed by atoms with Crippen molar-refractivity contribution in [3.8, 4) is 0 Å². The van der Waals surface area contributed by atoms with E-state index in [1.165, 1.54) is 19.3 Å². The highest BCUT2D eigenvalue weighted by molar-refractivity contribution is 7.07. The summed E-state index contributed by atoms with van der Waals surface area (Å²) < 4.78 is 0. The van der Waals surface area contributed by atoms with Crippen LogP contribution in [0, 0.1) is 5.92 Å². The third kappa shape index (κ3) is 2.01. The molecule has 0 spiro atoms. The van der Waals surface area contributed by atoms with Crippen molar-refractivity contribution in [2.24, 2.45) is 5.92 Å². The second kappa shape index (κ2) is 4.45. The summed E-state index contributed by atoms with van der Waals surface area (Å²) in [5.74, 6) is 1.64. The molecule has 2 rings (SSSR count). The highest BCUT2D eigenvalue weighted by Gasteiger charge is 2.27. The van der Waals surface area contributed by atoms with E-state index in [0.29, 0.717) is 0 Å². The fourth-order valence-corrected chi connectivity index (χ4v) is 3.26. The normalized spacial score (nSPS) is 33.1. The van der Waals surface area contributed by atoms with Crippen LogP contribution in [0.15, 0.2) is 16.8 Å². The van der Waals surface area contributed by atoms with E-state index >= 15 is 0 Å². The van der Waals surface area contributed by atoms with Gasteiger partial charge in [-0.2, -0.15) is 11.3 Å². The summed E-state index contributed by atoms with van der Waals surface area (Å²) >= 11 is 1.82. The minimum atomic E-state index is 0.732. The SMILES string of the molecule is CNC1CCC(C)C(c2ccsc2)C1. The average Bonchev–Trinajstić information content (AvgIpc) is 2.71. The van der Waals surface area contributed by atoms with Crippen LogP contribution in [0.25, 0.3) is 0 Å². The monoisotopic (exact) mass is 209 g/mol. The first-order valence-electron chi connectivity index (χ1n) is 5.50. The van der Waals surface area contributed by atoms with E-state index < -0.39 is 0 Å². The first-order valence-corrected chi connectivity index (χ1v) is 6.45. The topological polar surface area (TPSA) is 12.0 Å². The lowest BCUT2D eigenvalue weighted by Gasteiger charge is -2.34. The van der Waals surface area contributed by atoms with Crippen LogP contribution >= 0.6 is 11.3 Å². The summed E-state index contributed by atoms with van der Waals surface area (Å²) in [5, 5.41) is 7.94. The number of rotatable bonds is 2. The van der Waals surface area contributed by atoms with Gasteiger partial charge in [0.1, 0.15) is 0 Å². The van der Waals surface area contributed by atoms with Gasteiger partial charge >= 0.3 is 0 Å². The van der Waals surface area contributed by atoms with Gasteiger partial charge in [-0.05, 0) is 60.5 Å². The number of thiophene rings is 1. The molecule has 2 heteroatoms. The van der Waals surface area contributed by atoms with Crippen molar-refractivity contribution in [3.05, 3.63) is 22.4 Å². The Labute approximate surface area is 90.5 Å². The minimum absolute atomic E-state index is 0.732. The molecule has 1 fully saturated rings. The van der Waals surface area contributed by atoms with E-state index in [2.05, 4.69) is 36.1 Å². The lowest BCUT2D eigenvalue weighted by atomic mass is 9.75. The molecular formula is C12H19NS. The van der Waals surface area contributed by atoms with Crippen molar-refractivity contribution in [1.29, 1.82) is 0 Å². The third-order valence-corrected chi connectivity index (χ3v) is 4.28. The van der Waals surface area contributed by atoms with Crippen LogP contribution in [-0.2, 0) is 0 Å². The molecule has 1 saturated carbocycles. The van der Waals surface area contributed by atoms with Gasteiger partial charge in [-0.3, -0.25) is 0 Å².